The molecule has 100 valence electrons. The first-order valence-electron chi connectivity index (χ1n) is 5.54. The number of imide groups is 1. The zero-order chi connectivity index (χ0) is 14.0. The Hall–Kier alpha value is -2.02. The molecular weight excluding hydrogens is 268 g/mol. The molecule has 1 aliphatic rings. The van der Waals surface area contributed by atoms with Crippen LogP contribution in [0.1, 0.15) is 5.56 Å². The third kappa shape index (κ3) is 3.05. The largest absolute Gasteiger partial charge is 0.480 e. The molecule has 0 aliphatic carbocycles. The summed E-state index contributed by atoms with van der Waals surface area (Å²) in [7, 11) is 0. The molecule has 19 heavy (non-hydrogen) atoms. The molecule has 7 heteroatoms. The van der Waals surface area contributed by atoms with Crippen LogP contribution in [0, 0.1) is 6.92 Å². The van der Waals surface area contributed by atoms with Gasteiger partial charge in [-0.1, -0.05) is 17.7 Å². The normalized spacial score (nSPS) is 18.3. The number of nitrogens with zero attached hydrogens (tertiary/aromatic N) is 1. The Morgan fingerprint density at radius 1 is 1.37 bits per heavy atom. The molecule has 0 bridgehead atoms. The van der Waals surface area contributed by atoms with Gasteiger partial charge in [0.1, 0.15) is 6.54 Å². The third-order valence-electron chi connectivity index (χ3n) is 2.62. The van der Waals surface area contributed by atoms with Crippen LogP contribution in [0.3, 0.4) is 0 Å². The number of rotatable bonds is 4. The van der Waals surface area contributed by atoms with Gasteiger partial charge in [0.15, 0.2) is 5.37 Å². The van der Waals surface area contributed by atoms with E-state index in [9.17, 15) is 14.4 Å². The number of benzene rings is 1. The second-order valence-corrected chi connectivity index (χ2v) is 5.16. The fraction of sp³-hybridized carbons (Fsp3) is 0.250. The highest BCUT2D eigenvalue weighted by molar-refractivity contribution is 8.15. The van der Waals surface area contributed by atoms with Gasteiger partial charge in [-0.05, 0) is 30.8 Å². The monoisotopic (exact) mass is 280 g/mol. The highest BCUT2D eigenvalue weighted by Crippen LogP contribution is 2.27. The lowest BCUT2D eigenvalue weighted by atomic mass is 10.2. The number of anilines is 1. The number of carboxylic acids is 1. The van der Waals surface area contributed by atoms with Crippen LogP contribution in [0.4, 0.5) is 10.5 Å². The van der Waals surface area contributed by atoms with Crippen molar-refractivity contribution in [2.45, 2.75) is 12.3 Å². The van der Waals surface area contributed by atoms with Gasteiger partial charge < -0.3 is 10.0 Å². The summed E-state index contributed by atoms with van der Waals surface area (Å²) in [5, 5.41) is 9.79. The molecule has 0 saturated carbocycles. The lowest BCUT2D eigenvalue weighted by Gasteiger charge is -2.26. The van der Waals surface area contributed by atoms with Crippen LogP contribution in [0.2, 0.25) is 0 Å². The molecule has 2 N–H and O–H groups in total. The summed E-state index contributed by atoms with van der Waals surface area (Å²) >= 11 is 0.786. The van der Waals surface area contributed by atoms with Crippen molar-refractivity contribution in [3.8, 4) is 0 Å². The molecule has 2 rings (SSSR count). The Balaban J connectivity index is 2.30. The lowest BCUT2D eigenvalue weighted by molar-refractivity contribution is -0.135. The zero-order valence-corrected chi connectivity index (χ0v) is 10.9. The first-order valence-corrected chi connectivity index (χ1v) is 6.42. The number of carboxylic acid groups (broad SMARTS) is 1. The van der Waals surface area contributed by atoms with Gasteiger partial charge >= 0.3 is 5.97 Å². The van der Waals surface area contributed by atoms with E-state index in [0.29, 0.717) is 5.69 Å². The molecule has 1 aromatic rings. The summed E-state index contributed by atoms with van der Waals surface area (Å²) in [6.07, 6.45) is 0. The van der Waals surface area contributed by atoms with Gasteiger partial charge in [-0.25, -0.2) is 0 Å². The van der Waals surface area contributed by atoms with Gasteiger partial charge in [0, 0.05) is 5.69 Å². The maximum absolute atomic E-state index is 11.7. The fourth-order valence-electron chi connectivity index (χ4n) is 1.74. The smallest absolute Gasteiger partial charge is 0.323 e. The van der Waals surface area contributed by atoms with Gasteiger partial charge in [-0.15, -0.1) is 0 Å². The Bertz CT molecular complexity index is 529. The fourth-order valence-corrected chi connectivity index (χ4v) is 2.60. The van der Waals surface area contributed by atoms with E-state index < -0.39 is 22.5 Å². The number of amides is 2. The maximum atomic E-state index is 11.7. The molecule has 2 amide bonds. The van der Waals surface area contributed by atoms with E-state index in [1.54, 1.807) is 12.1 Å². The predicted octanol–water partition coefficient (Wildman–Crippen LogP) is 1.20. The van der Waals surface area contributed by atoms with Crippen molar-refractivity contribution in [2.24, 2.45) is 0 Å². The molecule has 1 atom stereocenters. The predicted molar refractivity (Wildman–Crippen MR) is 71.1 cm³/mol. The number of thioether (sulfide) groups is 1. The minimum atomic E-state index is -1.06. The number of aryl methyl sites for hydroxylation is 1. The van der Waals surface area contributed by atoms with Crippen LogP contribution in [0.15, 0.2) is 24.3 Å². The number of carbonyl (C=O) groups excluding carboxylic acids is 2. The second kappa shape index (κ2) is 5.31. The van der Waals surface area contributed by atoms with E-state index in [1.165, 1.54) is 4.90 Å². The molecule has 1 aromatic carbocycles. The number of carbonyl (C=O) groups is 3. The average molecular weight is 280 g/mol. The van der Waals surface area contributed by atoms with Crippen LogP contribution < -0.4 is 10.2 Å². The van der Waals surface area contributed by atoms with Crippen molar-refractivity contribution in [1.82, 2.24) is 5.32 Å². The highest BCUT2D eigenvalue weighted by atomic mass is 32.2. The zero-order valence-electron chi connectivity index (χ0n) is 10.1. The van der Waals surface area contributed by atoms with Crippen LogP contribution in [-0.4, -0.2) is 34.1 Å². The van der Waals surface area contributed by atoms with Gasteiger partial charge in [-0.2, -0.15) is 0 Å². The summed E-state index contributed by atoms with van der Waals surface area (Å²) in [5.41, 5.74) is 1.62. The van der Waals surface area contributed by atoms with Gasteiger partial charge in [0.25, 0.3) is 11.1 Å². The van der Waals surface area contributed by atoms with E-state index >= 15 is 0 Å². The molecular formula is C12H12N2O4S. The number of hydrogen-bond acceptors (Lipinski definition) is 5. The number of aliphatic carboxylic acids is 1. The van der Waals surface area contributed by atoms with Crippen molar-refractivity contribution in [3.05, 3.63) is 29.8 Å². The third-order valence-corrected chi connectivity index (χ3v) is 3.63. The van der Waals surface area contributed by atoms with Crippen molar-refractivity contribution in [3.63, 3.8) is 0 Å². The van der Waals surface area contributed by atoms with Crippen LogP contribution in [0.25, 0.3) is 0 Å². The highest BCUT2D eigenvalue weighted by Gasteiger charge is 2.37. The molecule has 0 radical (unpaired) electrons. The molecule has 0 unspecified atom stereocenters. The molecule has 0 spiro atoms. The standard InChI is InChI=1S/C12H12N2O4S/c1-7-2-4-8(5-3-7)14(6-9(15)16)11-10(17)13-12(18)19-11/h2-5,11H,6H2,1H3,(H,15,16)(H,13,17,18)/t11-/m0/s1. The summed E-state index contributed by atoms with van der Waals surface area (Å²) in [4.78, 5) is 35.2. The minimum absolute atomic E-state index is 0.346. The SMILES string of the molecule is Cc1ccc(N(CC(=O)O)[C@H]2SC(=O)NC2=O)cc1. The molecule has 1 fully saturated rings. The first kappa shape index (κ1) is 13.4. The van der Waals surface area contributed by atoms with Crippen molar-refractivity contribution < 1.29 is 19.5 Å². The summed E-state index contributed by atoms with van der Waals surface area (Å²) in [5.74, 6) is -1.55. The Kier molecular flexibility index (Phi) is 3.75. The second-order valence-electron chi connectivity index (χ2n) is 4.10. The van der Waals surface area contributed by atoms with Crippen LogP contribution in [0.5, 0.6) is 0 Å². The van der Waals surface area contributed by atoms with E-state index in [-0.39, 0.29) is 6.54 Å². The molecule has 1 heterocycles. The van der Waals surface area contributed by atoms with Gasteiger partial charge in [0.2, 0.25) is 0 Å². The Labute approximate surface area is 113 Å². The topological polar surface area (TPSA) is 86.7 Å². The van der Waals surface area contributed by atoms with Crippen LogP contribution in [-0.2, 0) is 9.59 Å². The Morgan fingerprint density at radius 3 is 2.47 bits per heavy atom. The molecule has 0 aromatic heterocycles. The Morgan fingerprint density at radius 2 is 2.00 bits per heavy atom. The van der Waals surface area contributed by atoms with E-state index in [0.717, 1.165) is 17.3 Å². The van der Waals surface area contributed by atoms with Crippen LogP contribution >= 0.6 is 11.8 Å². The van der Waals surface area contributed by atoms with Gasteiger partial charge in [0.05, 0.1) is 0 Å². The van der Waals surface area contributed by atoms with Crippen molar-refractivity contribution >= 4 is 34.6 Å². The minimum Gasteiger partial charge on any atom is -0.480 e. The van der Waals surface area contributed by atoms with Gasteiger partial charge in [-0.3, -0.25) is 19.7 Å². The molecule has 6 nitrogen and oxygen atoms in total. The van der Waals surface area contributed by atoms with E-state index in [1.807, 2.05) is 19.1 Å². The molecule has 1 saturated heterocycles. The lowest BCUT2D eigenvalue weighted by Crippen LogP contribution is -2.42. The summed E-state index contributed by atoms with van der Waals surface area (Å²) in [6, 6.07) is 7.11. The van der Waals surface area contributed by atoms with E-state index in [4.69, 9.17) is 5.11 Å². The first-order chi connectivity index (χ1) is 8.97. The summed E-state index contributed by atoms with van der Waals surface area (Å²) in [6.45, 7) is 1.56. The molecule has 1 aliphatic heterocycles. The summed E-state index contributed by atoms with van der Waals surface area (Å²) < 4.78 is 0. The number of nitrogens with one attached hydrogen (secondary N) is 1. The quantitative estimate of drug-likeness (QED) is 0.861. The van der Waals surface area contributed by atoms with Crippen molar-refractivity contribution in [1.29, 1.82) is 0 Å². The number of hydrogen-bond donors (Lipinski definition) is 2. The maximum Gasteiger partial charge on any atom is 0.323 e. The average Bonchev–Trinajstić information content (AvgIpc) is 2.66. The van der Waals surface area contributed by atoms with Crippen molar-refractivity contribution in [2.75, 3.05) is 11.4 Å². The van der Waals surface area contributed by atoms with E-state index in [2.05, 4.69) is 5.32 Å².